The molecule has 4 atom stereocenters. The first-order valence-electron chi connectivity index (χ1n) is 6.34. The van der Waals surface area contributed by atoms with Crippen molar-refractivity contribution in [3.63, 3.8) is 0 Å². The number of anilines is 2. The summed E-state index contributed by atoms with van der Waals surface area (Å²) in [7, 11) is 0. The molecule has 0 aromatic carbocycles. The number of hydrogen-bond acceptors (Lipinski definition) is 10. The number of ether oxygens (including phenoxy) is 1. The largest absolute Gasteiger partial charge is 0.394 e. The molecule has 22 heavy (non-hydrogen) atoms. The second-order valence-corrected chi connectivity index (χ2v) is 5.04. The molecule has 11 heteroatoms. The summed E-state index contributed by atoms with van der Waals surface area (Å²) >= 11 is 5.84. The van der Waals surface area contributed by atoms with Gasteiger partial charge in [-0.25, -0.2) is 15.0 Å². The summed E-state index contributed by atoms with van der Waals surface area (Å²) in [5.41, 5.74) is 6.25. The van der Waals surface area contributed by atoms with E-state index < -0.39 is 31.1 Å². The van der Waals surface area contributed by atoms with Crippen LogP contribution >= 0.6 is 11.6 Å². The fourth-order valence-electron chi connectivity index (χ4n) is 2.19. The number of aliphatic hydroxyl groups is 3. The zero-order valence-corrected chi connectivity index (χ0v) is 11.8. The molecule has 0 aliphatic carbocycles. The van der Waals surface area contributed by atoms with Gasteiger partial charge in [-0.2, -0.15) is 4.98 Å². The van der Waals surface area contributed by atoms with E-state index >= 15 is 0 Å². The maximum absolute atomic E-state index is 9.93. The van der Waals surface area contributed by atoms with Gasteiger partial charge >= 0.3 is 0 Å². The molecular formula is C11H13ClN6O4. The lowest BCUT2D eigenvalue weighted by Crippen LogP contribution is -2.36. The van der Waals surface area contributed by atoms with E-state index in [0.29, 0.717) is 0 Å². The average Bonchev–Trinajstić information content (AvgIpc) is 2.76. The first kappa shape index (κ1) is 15.1. The Hall–Kier alpha value is -1.85. The second-order valence-electron chi connectivity index (χ2n) is 4.70. The predicted octanol–water partition coefficient (Wildman–Crippen LogP) is -1.49. The number of aliphatic hydroxyl groups excluding tert-OH is 3. The summed E-state index contributed by atoms with van der Waals surface area (Å²) < 4.78 is 5.32. The molecule has 10 nitrogen and oxygen atoms in total. The van der Waals surface area contributed by atoms with Crippen molar-refractivity contribution in [3.05, 3.63) is 11.6 Å². The van der Waals surface area contributed by atoms with E-state index in [1.807, 2.05) is 0 Å². The third-order valence-electron chi connectivity index (χ3n) is 3.30. The summed E-state index contributed by atoms with van der Waals surface area (Å²) in [5, 5.41) is 31.4. The number of nitrogen functional groups attached to an aromatic ring is 1. The normalized spacial score (nSPS) is 28.2. The molecule has 0 radical (unpaired) electrons. The van der Waals surface area contributed by atoms with Crippen molar-refractivity contribution in [1.82, 2.24) is 19.9 Å². The molecule has 1 saturated heterocycles. The van der Waals surface area contributed by atoms with Crippen molar-refractivity contribution in [2.45, 2.75) is 24.5 Å². The van der Waals surface area contributed by atoms with Gasteiger partial charge in [-0.05, 0) is 11.6 Å². The minimum absolute atomic E-state index is 0.0942. The molecule has 1 fully saturated rings. The number of halogens is 1. The highest BCUT2D eigenvalue weighted by Crippen LogP contribution is 2.27. The first-order valence-corrected chi connectivity index (χ1v) is 6.71. The van der Waals surface area contributed by atoms with E-state index in [0.717, 1.165) is 0 Å². The molecule has 1 aliphatic rings. The van der Waals surface area contributed by atoms with Gasteiger partial charge in [0.15, 0.2) is 17.9 Å². The quantitative estimate of drug-likeness (QED) is 0.420. The number of nitrogens with zero attached hydrogens (tertiary/aromatic N) is 4. The minimum Gasteiger partial charge on any atom is -0.394 e. The van der Waals surface area contributed by atoms with E-state index in [4.69, 9.17) is 27.2 Å². The van der Waals surface area contributed by atoms with Crippen LogP contribution in [0.1, 0.15) is 0 Å². The van der Waals surface area contributed by atoms with Gasteiger partial charge in [0.2, 0.25) is 5.28 Å². The highest BCUT2D eigenvalue weighted by Gasteiger charge is 2.42. The summed E-state index contributed by atoms with van der Waals surface area (Å²) in [6.07, 6.45) is -3.17. The molecule has 6 N–H and O–H groups in total. The van der Waals surface area contributed by atoms with Gasteiger partial charge in [-0.15, -0.1) is 0 Å². The second kappa shape index (κ2) is 5.74. The Balaban J connectivity index is 1.96. The molecule has 2 aromatic rings. The van der Waals surface area contributed by atoms with Crippen LogP contribution in [-0.4, -0.2) is 66.4 Å². The number of nitrogens with two attached hydrogens (primary N) is 1. The molecule has 0 bridgehead atoms. The lowest BCUT2D eigenvalue weighted by Gasteiger charge is -2.17. The SMILES string of the molecule is Nc1ncnc2c(NC3O[C@H](CO)[C@@H](O)[C@H]3O)nc(Cl)nc12. The summed E-state index contributed by atoms with van der Waals surface area (Å²) in [6.45, 7) is -0.434. The molecule has 2 aromatic heterocycles. The Bertz CT molecular complexity index is 704. The van der Waals surface area contributed by atoms with Crippen molar-refractivity contribution in [1.29, 1.82) is 0 Å². The smallest absolute Gasteiger partial charge is 0.225 e. The van der Waals surface area contributed by atoms with Crippen LogP contribution < -0.4 is 11.1 Å². The minimum atomic E-state index is -1.26. The fourth-order valence-corrected chi connectivity index (χ4v) is 2.36. The van der Waals surface area contributed by atoms with Gasteiger partial charge in [-0.1, -0.05) is 0 Å². The van der Waals surface area contributed by atoms with Crippen molar-refractivity contribution < 1.29 is 20.1 Å². The van der Waals surface area contributed by atoms with E-state index in [-0.39, 0.29) is 28.0 Å². The Morgan fingerprint density at radius 1 is 1.23 bits per heavy atom. The lowest BCUT2D eigenvalue weighted by molar-refractivity contribution is -0.0153. The van der Waals surface area contributed by atoms with Gasteiger partial charge in [0, 0.05) is 0 Å². The Labute approximate surface area is 128 Å². The van der Waals surface area contributed by atoms with Crippen LogP contribution in [0.2, 0.25) is 5.28 Å². The molecule has 1 aliphatic heterocycles. The maximum atomic E-state index is 9.93. The Morgan fingerprint density at radius 3 is 2.68 bits per heavy atom. The standard InChI is InChI=1S/C11H13ClN6O4/c12-11-16-4-5(14-2-15-8(4)13)9(18-11)17-10-7(21)6(20)3(1-19)22-10/h2-3,6-7,10,19-21H,1H2,(H2,13,14,15)(H,16,17,18)/t3-,6-,7-,10?/m1/s1. The summed E-state index contributed by atoms with van der Waals surface area (Å²) in [6, 6.07) is 0. The van der Waals surface area contributed by atoms with Crippen LogP contribution in [-0.2, 0) is 4.74 Å². The van der Waals surface area contributed by atoms with E-state index in [1.54, 1.807) is 0 Å². The first-order chi connectivity index (χ1) is 10.5. The topological polar surface area (TPSA) is 160 Å². The molecule has 3 heterocycles. The molecular weight excluding hydrogens is 316 g/mol. The van der Waals surface area contributed by atoms with Crippen LogP contribution in [0.4, 0.5) is 11.6 Å². The van der Waals surface area contributed by atoms with Crippen molar-refractivity contribution in [3.8, 4) is 0 Å². The molecule has 0 spiro atoms. The van der Waals surface area contributed by atoms with Gasteiger partial charge < -0.3 is 31.1 Å². The van der Waals surface area contributed by atoms with Crippen molar-refractivity contribution >= 4 is 34.3 Å². The van der Waals surface area contributed by atoms with Gasteiger partial charge in [0.05, 0.1) is 6.61 Å². The van der Waals surface area contributed by atoms with Gasteiger partial charge in [0.1, 0.15) is 35.7 Å². The fraction of sp³-hybridized carbons (Fsp3) is 0.455. The van der Waals surface area contributed by atoms with Crippen LogP contribution in [0.25, 0.3) is 11.0 Å². The number of fused-ring (bicyclic) bond motifs is 1. The van der Waals surface area contributed by atoms with E-state index in [1.165, 1.54) is 6.33 Å². The van der Waals surface area contributed by atoms with Crippen molar-refractivity contribution in [2.24, 2.45) is 0 Å². The highest BCUT2D eigenvalue weighted by molar-refractivity contribution is 6.28. The highest BCUT2D eigenvalue weighted by atomic mass is 35.5. The molecule has 0 saturated carbocycles. The molecule has 118 valence electrons. The van der Waals surface area contributed by atoms with Crippen LogP contribution in [0.3, 0.4) is 0 Å². The summed E-state index contributed by atoms with van der Waals surface area (Å²) in [5.74, 6) is 0.289. The average molecular weight is 329 g/mol. The predicted molar refractivity (Wildman–Crippen MR) is 75.9 cm³/mol. The van der Waals surface area contributed by atoms with Crippen LogP contribution in [0.15, 0.2) is 6.33 Å². The third kappa shape index (κ3) is 2.51. The lowest BCUT2D eigenvalue weighted by atomic mass is 10.1. The number of nitrogens with one attached hydrogen (secondary N) is 1. The maximum Gasteiger partial charge on any atom is 0.225 e. The molecule has 0 amide bonds. The molecule has 3 rings (SSSR count). The number of aromatic nitrogens is 4. The summed E-state index contributed by atoms with van der Waals surface area (Å²) in [4.78, 5) is 15.8. The zero-order valence-electron chi connectivity index (χ0n) is 11.1. The van der Waals surface area contributed by atoms with E-state index in [2.05, 4.69) is 25.3 Å². The number of rotatable bonds is 3. The third-order valence-corrected chi connectivity index (χ3v) is 3.47. The van der Waals surface area contributed by atoms with Gasteiger partial charge in [0.25, 0.3) is 0 Å². The number of hydrogen-bond donors (Lipinski definition) is 5. The van der Waals surface area contributed by atoms with E-state index in [9.17, 15) is 10.2 Å². The van der Waals surface area contributed by atoms with Crippen molar-refractivity contribution in [2.75, 3.05) is 17.7 Å². The molecule has 1 unspecified atom stereocenters. The van der Waals surface area contributed by atoms with Crippen LogP contribution in [0.5, 0.6) is 0 Å². The monoisotopic (exact) mass is 328 g/mol. The zero-order chi connectivity index (χ0) is 15.9. The van der Waals surface area contributed by atoms with Gasteiger partial charge in [-0.3, -0.25) is 0 Å². The van der Waals surface area contributed by atoms with Crippen LogP contribution in [0, 0.1) is 0 Å². The Morgan fingerprint density at radius 2 is 2.00 bits per heavy atom. The Kier molecular flexibility index (Phi) is 3.93.